The van der Waals surface area contributed by atoms with E-state index >= 15 is 0 Å². The van der Waals surface area contributed by atoms with Gasteiger partial charge in [-0.15, -0.1) is 0 Å². The standard InChI is InChI=1S/C17H22BF3N4O4/c1-2-13(26)23-9-24-16(22)11-5-3-4-10-8-12(18(28)29-15(10)11)25-14(27)6-7-17(19,20)21/h3-5,12,28H,2,6-9H2,1H3,(H2,22,24)(H,23,26)(H,25,27)/t12-/m0/s1. The minimum Gasteiger partial charge on any atom is -0.534 e. The maximum Gasteiger partial charge on any atom is 0.547 e. The van der Waals surface area contributed by atoms with Gasteiger partial charge in [0.25, 0.3) is 0 Å². The molecular formula is C17H22BF3N4O4. The Labute approximate surface area is 165 Å². The van der Waals surface area contributed by atoms with Crippen LogP contribution in [0, 0.1) is 0 Å². The van der Waals surface area contributed by atoms with Gasteiger partial charge in [0.1, 0.15) is 18.3 Å². The van der Waals surface area contributed by atoms with E-state index in [1.54, 1.807) is 25.1 Å². The van der Waals surface area contributed by atoms with Crippen molar-refractivity contribution in [1.29, 1.82) is 0 Å². The summed E-state index contributed by atoms with van der Waals surface area (Å²) in [5.74, 6) is -1.57. The topological polar surface area (TPSA) is 126 Å². The minimum atomic E-state index is -4.44. The van der Waals surface area contributed by atoms with Crippen molar-refractivity contribution in [3.8, 4) is 5.75 Å². The van der Waals surface area contributed by atoms with Crippen LogP contribution < -0.4 is 21.0 Å². The lowest BCUT2D eigenvalue weighted by Crippen LogP contribution is -2.53. The molecule has 5 N–H and O–H groups in total. The zero-order valence-electron chi connectivity index (χ0n) is 15.8. The molecule has 8 nitrogen and oxygen atoms in total. The number of rotatable bonds is 7. The summed E-state index contributed by atoms with van der Waals surface area (Å²) < 4.78 is 42.2. The Morgan fingerprint density at radius 1 is 1.38 bits per heavy atom. The zero-order chi connectivity index (χ0) is 21.6. The number of hydrogen-bond donors (Lipinski definition) is 4. The number of alkyl halides is 3. The van der Waals surface area contributed by atoms with Crippen LogP contribution in [0.15, 0.2) is 23.2 Å². The van der Waals surface area contributed by atoms with Gasteiger partial charge in [0.05, 0.1) is 17.9 Å². The molecular weight excluding hydrogens is 392 g/mol. The number of nitrogens with one attached hydrogen (secondary N) is 2. The van der Waals surface area contributed by atoms with Crippen LogP contribution in [-0.2, 0) is 16.0 Å². The number of para-hydroxylation sites is 1. The van der Waals surface area contributed by atoms with Crippen LogP contribution >= 0.6 is 0 Å². The highest BCUT2D eigenvalue weighted by Crippen LogP contribution is 2.30. The minimum absolute atomic E-state index is 0.0252. The molecule has 1 atom stereocenters. The Morgan fingerprint density at radius 3 is 2.76 bits per heavy atom. The Bertz CT molecular complexity index is 788. The first-order valence-electron chi connectivity index (χ1n) is 9.00. The lowest BCUT2D eigenvalue weighted by atomic mass is 9.72. The van der Waals surface area contributed by atoms with E-state index in [2.05, 4.69) is 15.6 Å². The molecule has 0 saturated carbocycles. The number of halogens is 3. The Kier molecular flexibility index (Phi) is 7.49. The monoisotopic (exact) mass is 414 g/mol. The summed E-state index contributed by atoms with van der Waals surface area (Å²) in [6.07, 6.45) is -5.97. The van der Waals surface area contributed by atoms with Crippen LogP contribution in [0.1, 0.15) is 37.3 Å². The molecule has 1 aliphatic rings. The summed E-state index contributed by atoms with van der Waals surface area (Å²) in [4.78, 5) is 27.0. The predicted octanol–water partition coefficient (Wildman–Crippen LogP) is 0.657. The fourth-order valence-electron chi connectivity index (χ4n) is 2.71. The van der Waals surface area contributed by atoms with Crippen molar-refractivity contribution < 1.29 is 32.4 Å². The van der Waals surface area contributed by atoms with Crippen LogP contribution in [0.4, 0.5) is 13.2 Å². The molecule has 1 heterocycles. The number of amides is 2. The average molecular weight is 414 g/mol. The van der Waals surface area contributed by atoms with Crippen molar-refractivity contribution >= 4 is 24.8 Å². The second kappa shape index (κ2) is 9.63. The molecule has 1 aromatic rings. The number of amidine groups is 1. The number of aliphatic imine (C=N–C) groups is 1. The molecule has 12 heteroatoms. The second-order valence-electron chi connectivity index (χ2n) is 6.45. The van der Waals surface area contributed by atoms with E-state index in [-0.39, 0.29) is 30.6 Å². The summed E-state index contributed by atoms with van der Waals surface area (Å²) in [7, 11) is -1.47. The Balaban J connectivity index is 2.07. The molecule has 29 heavy (non-hydrogen) atoms. The normalized spacial score (nSPS) is 16.7. The van der Waals surface area contributed by atoms with Crippen LogP contribution in [0.3, 0.4) is 0 Å². The molecule has 0 spiro atoms. The Morgan fingerprint density at radius 2 is 2.10 bits per heavy atom. The van der Waals surface area contributed by atoms with Gasteiger partial charge in [0, 0.05) is 12.8 Å². The summed E-state index contributed by atoms with van der Waals surface area (Å²) in [6, 6.07) is 4.98. The van der Waals surface area contributed by atoms with E-state index in [4.69, 9.17) is 10.4 Å². The van der Waals surface area contributed by atoms with Gasteiger partial charge in [0.2, 0.25) is 11.8 Å². The van der Waals surface area contributed by atoms with Gasteiger partial charge in [-0.3, -0.25) is 9.59 Å². The molecule has 2 amide bonds. The SMILES string of the molecule is CCC(=O)NCN=C(N)c1cccc2c1OB(O)[C@@H](NC(=O)CCC(F)(F)F)C2. The molecule has 0 saturated heterocycles. The lowest BCUT2D eigenvalue weighted by molar-refractivity contribution is -0.144. The summed E-state index contributed by atoms with van der Waals surface area (Å²) >= 11 is 0. The lowest BCUT2D eigenvalue weighted by Gasteiger charge is -2.29. The molecule has 0 aromatic heterocycles. The largest absolute Gasteiger partial charge is 0.547 e. The van der Waals surface area contributed by atoms with Crippen LogP contribution in [-0.4, -0.2) is 48.6 Å². The first-order valence-corrected chi connectivity index (χ1v) is 9.00. The number of carbonyl (C=O) groups is 2. The van der Waals surface area contributed by atoms with E-state index < -0.39 is 38.0 Å². The number of nitrogens with two attached hydrogens (primary N) is 1. The number of benzene rings is 1. The summed E-state index contributed by atoms with van der Waals surface area (Å²) in [5, 5.41) is 15.1. The fourth-order valence-corrected chi connectivity index (χ4v) is 2.71. The van der Waals surface area contributed by atoms with Gasteiger partial charge in [-0.2, -0.15) is 13.2 Å². The van der Waals surface area contributed by atoms with Gasteiger partial charge < -0.3 is 26.0 Å². The van der Waals surface area contributed by atoms with E-state index in [0.29, 0.717) is 17.5 Å². The molecule has 0 aliphatic carbocycles. The van der Waals surface area contributed by atoms with Crippen LogP contribution in [0.5, 0.6) is 5.75 Å². The van der Waals surface area contributed by atoms with Gasteiger partial charge >= 0.3 is 13.3 Å². The summed E-state index contributed by atoms with van der Waals surface area (Å²) in [6.45, 7) is 1.67. The van der Waals surface area contributed by atoms with Crippen molar-refractivity contribution in [2.45, 2.75) is 44.7 Å². The summed E-state index contributed by atoms with van der Waals surface area (Å²) in [5.41, 5.74) is 6.95. The number of hydrogen-bond acceptors (Lipinski definition) is 5. The number of fused-ring (bicyclic) bond motifs is 1. The third kappa shape index (κ3) is 6.66. The first-order chi connectivity index (χ1) is 13.6. The Hall–Kier alpha value is -2.76. The highest BCUT2D eigenvalue weighted by molar-refractivity contribution is 6.47. The molecule has 1 aliphatic heterocycles. The maximum absolute atomic E-state index is 12.2. The van der Waals surface area contributed by atoms with E-state index in [1.165, 1.54) is 0 Å². The molecule has 0 unspecified atom stereocenters. The van der Waals surface area contributed by atoms with Gasteiger partial charge in [-0.1, -0.05) is 19.1 Å². The molecule has 0 bridgehead atoms. The van der Waals surface area contributed by atoms with E-state index in [0.717, 1.165) is 0 Å². The maximum atomic E-state index is 12.2. The van der Waals surface area contributed by atoms with Crippen LogP contribution in [0.25, 0.3) is 0 Å². The van der Waals surface area contributed by atoms with Crippen molar-refractivity contribution in [1.82, 2.24) is 10.6 Å². The highest BCUT2D eigenvalue weighted by atomic mass is 19.4. The van der Waals surface area contributed by atoms with Gasteiger partial charge in [-0.05, 0) is 18.1 Å². The predicted molar refractivity (Wildman–Crippen MR) is 100.0 cm³/mol. The van der Waals surface area contributed by atoms with E-state index in [1.807, 2.05) is 0 Å². The zero-order valence-corrected chi connectivity index (χ0v) is 15.8. The number of carbonyl (C=O) groups excluding carboxylic acids is 2. The molecule has 2 rings (SSSR count). The molecule has 1 aromatic carbocycles. The van der Waals surface area contributed by atoms with Gasteiger partial charge in [-0.25, -0.2) is 4.99 Å². The highest BCUT2D eigenvalue weighted by Gasteiger charge is 2.38. The van der Waals surface area contributed by atoms with Crippen molar-refractivity contribution in [2.75, 3.05) is 6.67 Å². The van der Waals surface area contributed by atoms with Crippen molar-refractivity contribution in [3.63, 3.8) is 0 Å². The first kappa shape index (κ1) is 22.5. The van der Waals surface area contributed by atoms with Crippen LogP contribution in [0.2, 0.25) is 0 Å². The van der Waals surface area contributed by atoms with Crippen molar-refractivity contribution in [3.05, 3.63) is 29.3 Å². The quantitative estimate of drug-likeness (QED) is 0.296. The molecule has 0 radical (unpaired) electrons. The van der Waals surface area contributed by atoms with Crippen molar-refractivity contribution in [2.24, 2.45) is 10.7 Å². The third-order valence-electron chi connectivity index (χ3n) is 4.22. The smallest absolute Gasteiger partial charge is 0.534 e. The number of nitrogens with zero attached hydrogens (tertiary/aromatic N) is 1. The molecule has 158 valence electrons. The fraction of sp³-hybridized carbons (Fsp3) is 0.471. The second-order valence-corrected chi connectivity index (χ2v) is 6.45. The third-order valence-corrected chi connectivity index (χ3v) is 4.22. The molecule has 0 fully saturated rings. The van der Waals surface area contributed by atoms with E-state index in [9.17, 15) is 27.8 Å². The average Bonchev–Trinajstić information content (AvgIpc) is 2.65. The van der Waals surface area contributed by atoms with Gasteiger partial charge in [0.15, 0.2) is 0 Å².